The van der Waals surface area contributed by atoms with E-state index in [1.54, 1.807) is 25.3 Å². The van der Waals surface area contributed by atoms with Crippen LogP contribution < -0.4 is 5.43 Å². The summed E-state index contributed by atoms with van der Waals surface area (Å²) in [6.07, 6.45) is 0.781. The molecule has 22 heavy (non-hydrogen) atoms. The standard InChI is InChI=1S/C15H19N3O3S/c1-15(2,3)21-13(20)16-18-12(19)10-17(14(18)22)9-11-7-5-4-6-8-11/h4-8,10,19H,9H2,1-3H3,(H,16,20). The van der Waals surface area contributed by atoms with E-state index in [4.69, 9.17) is 17.0 Å². The number of carbonyl (C=O) groups is 1. The number of ether oxygens (including phenoxy) is 1. The number of carbonyl (C=O) groups excluding carboxylic acids is 1. The smallest absolute Gasteiger partial charge is 0.427 e. The maximum atomic E-state index is 11.8. The van der Waals surface area contributed by atoms with Crippen LogP contribution in [0.2, 0.25) is 0 Å². The van der Waals surface area contributed by atoms with Crippen LogP contribution in [0.5, 0.6) is 5.88 Å². The van der Waals surface area contributed by atoms with E-state index in [1.807, 2.05) is 30.3 Å². The maximum Gasteiger partial charge on any atom is 0.427 e. The highest BCUT2D eigenvalue weighted by Gasteiger charge is 2.18. The van der Waals surface area contributed by atoms with E-state index in [0.29, 0.717) is 6.54 Å². The third kappa shape index (κ3) is 4.11. The first-order valence-corrected chi connectivity index (χ1v) is 7.22. The van der Waals surface area contributed by atoms with Crippen LogP contribution in [-0.4, -0.2) is 26.0 Å². The molecule has 0 aliphatic rings. The zero-order valence-corrected chi connectivity index (χ0v) is 13.6. The van der Waals surface area contributed by atoms with Gasteiger partial charge in [-0.1, -0.05) is 30.3 Å². The number of aromatic hydroxyl groups is 1. The van der Waals surface area contributed by atoms with Gasteiger partial charge in [0.25, 0.3) is 0 Å². The molecule has 2 N–H and O–H groups in total. The van der Waals surface area contributed by atoms with Gasteiger partial charge in [0, 0.05) is 0 Å². The van der Waals surface area contributed by atoms with E-state index < -0.39 is 11.7 Å². The molecule has 1 amide bonds. The molecule has 0 atom stereocenters. The quantitative estimate of drug-likeness (QED) is 0.852. The molecule has 2 aromatic rings. The van der Waals surface area contributed by atoms with Gasteiger partial charge in [-0.2, -0.15) is 4.68 Å². The molecule has 0 fully saturated rings. The minimum absolute atomic E-state index is 0.160. The Balaban J connectivity index is 2.17. The van der Waals surface area contributed by atoms with E-state index in [9.17, 15) is 9.90 Å². The molecule has 1 aromatic heterocycles. The minimum Gasteiger partial charge on any atom is -0.492 e. The Kier molecular flexibility index (Phi) is 4.56. The fourth-order valence-corrected chi connectivity index (χ4v) is 2.13. The van der Waals surface area contributed by atoms with Crippen molar-refractivity contribution < 1.29 is 14.6 Å². The molecule has 0 saturated heterocycles. The van der Waals surface area contributed by atoms with Gasteiger partial charge in [0.1, 0.15) is 5.60 Å². The van der Waals surface area contributed by atoms with Crippen molar-refractivity contribution in [2.24, 2.45) is 0 Å². The molecule has 0 radical (unpaired) electrons. The lowest BCUT2D eigenvalue weighted by atomic mass is 10.2. The van der Waals surface area contributed by atoms with Crippen LogP contribution in [0.15, 0.2) is 36.5 Å². The van der Waals surface area contributed by atoms with E-state index in [2.05, 4.69) is 5.43 Å². The van der Waals surface area contributed by atoms with Crippen molar-refractivity contribution >= 4 is 18.3 Å². The minimum atomic E-state index is -0.684. The topological polar surface area (TPSA) is 68.4 Å². The van der Waals surface area contributed by atoms with E-state index in [-0.39, 0.29) is 10.7 Å². The Morgan fingerprint density at radius 2 is 1.95 bits per heavy atom. The van der Waals surface area contributed by atoms with E-state index in [1.165, 1.54) is 6.20 Å². The lowest BCUT2D eigenvalue weighted by Crippen LogP contribution is -2.31. The molecule has 0 saturated carbocycles. The van der Waals surface area contributed by atoms with Crippen LogP contribution in [0, 0.1) is 4.77 Å². The lowest BCUT2D eigenvalue weighted by molar-refractivity contribution is 0.0610. The molecule has 118 valence electrons. The molecule has 0 aliphatic heterocycles. The van der Waals surface area contributed by atoms with E-state index >= 15 is 0 Å². The summed E-state index contributed by atoms with van der Waals surface area (Å²) in [7, 11) is 0. The summed E-state index contributed by atoms with van der Waals surface area (Å²) in [6, 6.07) is 9.69. The highest BCUT2D eigenvalue weighted by atomic mass is 32.1. The first kappa shape index (κ1) is 16.1. The number of rotatable bonds is 3. The lowest BCUT2D eigenvalue weighted by Gasteiger charge is -2.19. The van der Waals surface area contributed by atoms with Gasteiger partial charge in [-0.25, -0.2) is 10.2 Å². The van der Waals surface area contributed by atoms with Crippen LogP contribution in [0.4, 0.5) is 4.79 Å². The first-order valence-electron chi connectivity index (χ1n) is 6.81. The Bertz CT molecular complexity index is 714. The highest BCUT2D eigenvalue weighted by Crippen LogP contribution is 2.14. The fourth-order valence-electron chi connectivity index (χ4n) is 1.87. The number of hydrogen-bond donors (Lipinski definition) is 2. The molecular formula is C15H19N3O3S. The van der Waals surface area contributed by atoms with Gasteiger partial charge in [-0.05, 0) is 38.6 Å². The molecule has 6 nitrogen and oxygen atoms in total. The van der Waals surface area contributed by atoms with Gasteiger partial charge < -0.3 is 14.4 Å². The number of imidazole rings is 1. The normalized spacial score (nSPS) is 11.2. The second-order valence-electron chi connectivity index (χ2n) is 5.83. The number of aromatic nitrogens is 2. The predicted octanol–water partition coefficient (Wildman–Crippen LogP) is 3.25. The van der Waals surface area contributed by atoms with Gasteiger partial charge in [-0.15, -0.1) is 0 Å². The van der Waals surface area contributed by atoms with Crippen molar-refractivity contribution in [2.45, 2.75) is 32.9 Å². The summed E-state index contributed by atoms with van der Waals surface area (Å²) < 4.78 is 8.19. The van der Waals surface area contributed by atoms with Crippen molar-refractivity contribution in [1.82, 2.24) is 9.24 Å². The molecule has 7 heteroatoms. The molecule has 2 rings (SSSR count). The second kappa shape index (κ2) is 6.23. The van der Waals surface area contributed by atoms with Gasteiger partial charge in [-0.3, -0.25) is 0 Å². The van der Waals surface area contributed by atoms with Crippen molar-refractivity contribution in [2.75, 3.05) is 5.43 Å². The molecule has 0 aliphatic carbocycles. The van der Waals surface area contributed by atoms with Crippen LogP contribution >= 0.6 is 12.2 Å². The van der Waals surface area contributed by atoms with Gasteiger partial charge >= 0.3 is 6.09 Å². The molecule has 0 bridgehead atoms. The fraction of sp³-hybridized carbons (Fsp3) is 0.333. The third-order valence-electron chi connectivity index (χ3n) is 2.74. The monoisotopic (exact) mass is 321 g/mol. The number of amides is 1. The average molecular weight is 321 g/mol. The Labute approximate surface area is 133 Å². The predicted molar refractivity (Wildman–Crippen MR) is 86.1 cm³/mol. The number of nitrogens with one attached hydrogen (secondary N) is 1. The van der Waals surface area contributed by atoms with Gasteiger partial charge in [0.05, 0.1) is 12.7 Å². The maximum absolute atomic E-state index is 11.8. The average Bonchev–Trinajstić information content (AvgIpc) is 2.66. The Hall–Kier alpha value is -2.28. The van der Waals surface area contributed by atoms with Gasteiger partial charge in [0.15, 0.2) is 0 Å². The summed E-state index contributed by atoms with van der Waals surface area (Å²) in [4.78, 5) is 11.8. The van der Waals surface area contributed by atoms with E-state index in [0.717, 1.165) is 10.2 Å². The van der Waals surface area contributed by atoms with Crippen molar-refractivity contribution in [3.63, 3.8) is 0 Å². The zero-order valence-electron chi connectivity index (χ0n) is 12.7. The van der Waals surface area contributed by atoms with Crippen LogP contribution in [-0.2, 0) is 11.3 Å². The molecule has 1 aromatic carbocycles. The molecule has 0 unspecified atom stereocenters. The Morgan fingerprint density at radius 1 is 1.32 bits per heavy atom. The Morgan fingerprint density at radius 3 is 2.55 bits per heavy atom. The van der Waals surface area contributed by atoms with Crippen molar-refractivity contribution in [3.8, 4) is 5.88 Å². The largest absolute Gasteiger partial charge is 0.492 e. The van der Waals surface area contributed by atoms with Crippen molar-refractivity contribution in [3.05, 3.63) is 46.9 Å². The highest BCUT2D eigenvalue weighted by molar-refractivity contribution is 7.71. The van der Waals surface area contributed by atoms with Crippen LogP contribution in [0.1, 0.15) is 26.3 Å². The molecular weight excluding hydrogens is 302 g/mol. The third-order valence-corrected chi connectivity index (χ3v) is 3.15. The van der Waals surface area contributed by atoms with Crippen LogP contribution in [0.25, 0.3) is 0 Å². The first-order chi connectivity index (χ1) is 10.3. The molecule has 0 spiro atoms. The van der Waals surface area contributed by atoms with Gasteiger partial charge in [0.2, 0.25) is 10.7 Å². The number of hydrogen-bond acceptors (Lipinski definition) is 4. The molecule has 1 heterocycles. The zero-order chi connectivity index (χ0) is 16.3. The number of benzene rings is 1. The van der Waals surface area contributed by atoms with Crippen molar-refractivity contribution in [1.29, 1.82) is 0 Å². The summed E-state index contributed by atoms with van der Waals surface area (Å²) in [6.45, 7) is 5.76. The summed E-state index contributed by atoms with van der Waals surface area (Å²) in [5.74, 6) is -0.160. The summed E-state index contributed by atoms with van der Waals surface area (Å²) in [5, 5.41) is 9.94. The number of nitrogens with zero attached hydrogens (tertiary/aromatic N) is 2. The SMILES string of the molecule is CC(C)(C)OC(=O)Nn1c(O)cn(Cc2ccccc2)c1=S. The van der Waals surface area contributed by atoms with Crippen LogP contribution in [0.3, 0.4) is 0 Å². The summed E-state index contributed by atoms with van der Waals surface area (Å²) in [5.41, 5.74) is 2.83. The second-order valence-corrected chi connectivity index (χ2v) is 6.20. The summed E-state index contributed by atoms with van der Waals surface area (Å²) >= 11 is 5.27.